The topological polar surface area (TPSA) is 308 Å². The second kappa shape index (κ2) is 31.7. The molecule has 0 radical (unpaired) electrons. The SMILES string of the molecule is COC(=O)NC1=C2C(=CCSSSC)[C@](O)(C#C/C=C\C#C[C@@H]2OC2OC(C)C(NOC3CC(O)C(SC(=O)c4c(C)c(I)c(OC5OC(C)C(O)C(OC)C5O)c(OC)c4OC)C(C)O3)C(O)C2OC2CC(OC)C(NC(C)C)CO2)CC1=O. The van der Waals surface area contributed by atoms with Crippen molar-refractivity contribution in [2.45, 2.75) is 182 Å². The van der Waals surface area contributed by atoms with E-state index in [0.717, 1.165) is 18.9 Å². The highest BCUT2D eigenvalue weighted by Gasteiger charge is 2.52. The smallest absolute Gasteiger partial charge is 0.411 e. The third kappa shape index (κ3) is 16.3. The number of amides is 1. The lowest BCUT2D eigenvalue weighted by Crippen LogP contribution is -2.65. The number of hydrogen-bond donors (Lipinski definition) is 8. The van der Waals surface area contributed by atoms with Crippen molar-refractivity contribution in [2.24, 2.45) is 0 Å². The molecule has 472 valence electrons. The summed E-state index contributed by atoms with van der Waals surface area (Å²) in [5.74, 6) is 11.3. The van der Waals surface area contributed by atoms with Gasteiger partial charge >= 0.3 is 6.09 Å². The number of thioether (sulfide) groups is 1. The van der Waals surface area contributed by atoms with Gasteiger partial charge in [-0.25, -0.2) is 4.79 Å². The van der Waals surface area contributed by atoms with Gasteiger partial charge < -0.3 is 87.7 Å². The fourth-order valence-electron chi connectivity index (χ4n) is 10.6. The van der Waals surface area contributed by atoms with Gasteiger partial charge in [0, 0.05) is 50.0 Å². The molecule has 2 aliphatic carbocycles. The third-order valence-corrected chi connectivity index (χ3v) is 21.3. The molecule has 1 aromatic carbocycles. The molecule has 4 fully saturated rings. The number of rotatable bonds is 22. The second-order valence-corrected chi connectivity index (χ2v) is 27.4. The van der Waals surface area contributed by atoms with Crippen molar-refractivity contribution in [3.63, 3.8) is 0 Å². The molecule has 2 bridgehead atoms. The van der Waals surface area contributed by atoms with E-state index in [1.54, 1.807) is 40.9 Å². The number of hydrogen-bond acceptors (Lipinski definition) is 27. The summed E-state index contributed by atoms with van der Waals surface area (Å²) in [6.07, 6.45) is -11.9. The van der Waals surface area contributed by atoms with Crippen LogP contribution in [0.2, 0.25) is 0 Å². The predicted octanol–water partition coefficient (Wildman–Crippen LogP) is 3.59. The van der Waals surface area contributed by atoms with Crippen LogP contribution in [0.3, 0.4) is 0 Å². The Balaban J connectivity index is 1.12. The maximum atomic E-state index is 14.4. The molecular formula is C56H76IN3O21S4. The van der Waals surface area contributed by atoms with Crippen LogP contribution in [0.15, 0.2) is 35.1 Å². The number of aliphatic hydroxyl groups is 5. The maximum absolute atomic E-state index is 14.4. The molecule has 85 heavy (non-hydrogen) atoms. The first-order chi connectivity index (χ1) is 40.5. The lowest BCUT2D eigenvalue weighted by Gasteiger charge is -2.47. The number of halogens is 1. The minimum Gasteiger partial charge on any atom is -0.492 e. The van der Waals surface area contributed by atoms with Crippen LogP contribution in [-0.4, -0.2) is 218 Å². The number of ether oxygens (including phenoxy) is 12. The van der Waals surface area contributed by atoms with Crippen LogP contribution in [0.25, 0.3) is 0 Å². The largest absolute Gasteiger partial charge is 0.492 e. The molecule has 1 amide bonds. The summed E-state index contributed by atoms with van der Waals surface area (Å²) in [6.45, 7) is 10.8. The molecule has 19 atom stereocenters. The quantitative estimate of drug-likeness (QED) is 0.0270. The lowest BCUT2D eigenvalue weighted by atomic mass is 9.75. The number of alkyl carbamates (subject to hydrolysis) is 1. The Hall–Kier alpha value is -2.94. The van der Waals surface area contributed by atoms with Crippen LogP contribution in [0.1, 0.15) is 69.8 Å². The number of Topliss-reactive ketones (excluding diaryl/α,β-unsaturated/α-hetero) is 1. The Morgan fingerprint density at radius 2 is 1.60 bits per heavy atom. The monoisotopic (exact) mass is 1380 g/mol. The lowest BCUT2D eigenvalue weighted by molar-refractivity contribution is -0.336. The van der Waals surface area contributed by atoms with E-state index in [2.05, 4.69) is 39.8 Å². The molecule has 24 nitrogen and oxygen atoms in total. The van der Waals surface area contributed by atoms with Gasteiger partial charge in [0.2, 0.25) is 17.2 Å². The zero-order valence-electron chi connectivity index (χ0n) is 49.0. The number of allylic oxidation sites excluding steroid dienone is 3. The molecule has 4 saturated heterocycles. The standard InChI is InChI=1S/C56H76IN3O21S4/c1-25(2)58-31-24-74-36(22-35(31)69-7)79-49-44(64)41(27(4)76-54(49)78-34-17-15-13-14-16-19-56(68)23-33(62)42(59-55(67)73-11)39(34)30(56)18-20-83-85-82-12)60-81-37-21-32(61)51(29(6)75-37)84-52(66)38-26(3)40(57)47(50(72-10)46(38)70-8)80-53-45(65)48(71-9)43(63)28(5)77-53/h13-14,18,25,27-29,31-32,34-37,41,43-45,48-49,51,53-54,58,60-61,63-65,68H,20-24H2,1-12H3,(H,59,67)/b14-13-,30-18?/t27?,28?,29?,31?,32?,34-,35?,36?,37?,41?,43?,44?,45?,48?,49?,51?,53?,54?,56-/m0/s1. The normalized spacial score (nSPS) is 35.7. The van der Waals surface area contributed by atoms with E-state index >= 15 is 0 Å². The van der Waals surface area contributed by atoms with Crippen molar-refractivity contribution >= 4 is 82.8 Å². The van der Waals surface area contributed by atoms with Gasteiger partial charge in [0.25, 0.3) is 0 Å². The molecule has 4 aliphatic heterocycles. The van der Waals surface area contributed by atoms with Crippen LogP contribution >= 0.6 is 65.8 Å². The van der Waals surface area contributed by atoms with Gasteiger partial charge in [0.05, 0.1) is 97.0 Å². The van der Waals surface area contributed by atoms with E-state index in [-0.39, 0.29) is 77.3 Å². The summed E-state index contributed by atoms with van der Waals surface area (Å²) < 4.78 is 72.7. The van der Waals surface area contributed by atoms with E-state index in [1.165, 1.54) is 64.9 Å². The first-order valence-corrected chi connectivity index (χ1v) is 33.3. The highest BCUT2D eigenvalue weighted by molar-refractivity contribution is 14.1. The van der Waals surface area contributed by atoms with Gasteiger partial charge in [-0.15, -0.1) is 0 Å². The van der Waals surface area contributed by atoms with E-state index < -0.39 is 127 Å². The molecule has 4 heterocycles. The number of methoxy groups -OCH3 is 5. The van der Waals surface area contributed by atoms with Crippen molar-refractivity contribution in [3.8, 4) is 40.9 Å². The van der Waals surface area contributed by atoms with E-state index in [0.29, 0.717) is 14.9 Å². The van der Waals surface area contributed by atoms with Gasteiger partial charge in [-0.1, -0.05) is 77.0 Å². The Kier molecular flexibility index (Phi) is 25.9. The van der Waals surface area contributed by atoms with Gasteiger partial charge in [0.1, 0.15) is 36.6 Å². The minimum absolute atomic E-state index is 0.0163. The molecule has 0 aromatic heterocycles. The number of ketones is 1. The minimum atomic E-state index is -2.06. The van der Waals surface area contributed by atoms with E-state index in [1.807, 2.05) is 42.7 Å². The Bertz CT molecular complexity index is 2750. The van der Waals surface area contributed by atoms with Crippen molar-refractivity contribution in [3.05, 3.63) is 49.8 Å². The molecule has 1 aromatic rings. The fraction of sp³-hybridized carbons (Fsp3) is 0.661. The zero-order chi connectivity index (χ0) is 62.0. The Morgan fingerprint density at radius 3 is 2.26 bits per heavy atom. The summed E-state index contributed by atoms with van der Waals surface area (Å²) in [4.78, 5) is 47.6. The summed E-state index contributed by atoms with van der Waals surface area (Å²) >= 11 is 2.83. The number of aliphatic hydroxyl groups excluding tert-OH is 4. The maximum Gasteiger partial charge on any atom is 0.411 e. The molecule has 29 heteroatoms. The fourth-order valence-corrected chi connectivity index (χ4v) is 14.8. The first-order valence-electron chi connectivity index (χ1n) is 27.3. The number of nitrogens with one attached hydrogen (secondary N) is 3. The molecule has 0 saturated carbocycles. The summed E-state index contributed by atoms with van der Waals surface area (Å²) in [6, 6.07) is -1.19. The van der Waals surface area contributed by atoms with Crippen LogP contribution in [0, 0.1) is 34.2 Å². The second-order valence-electron chi connectivity index (χ2n) is 20.8. The highest BCUT2D eigenvalue weighted by atomic mass is 127. The van der Waals surface area contributed by atoms with E-state index in [4.69, 9.17) is 61.7 Å². The Morgan fingerprint density at radius 1 is 0.882 bits per heavy atom. The molecule has 8 N–H and O–H groups in total. The highest BCUT2D eigenvalue weighted by Crippen LogP contribution is 2.49. The Labute approximate surface area is 524 Å². The predicted molar refractivity (Wildman–Crippen MR) is 324 cm³/mol. The number of fused-ring (bicyclic) bond motifs is 2. The van der Waals surface area contributed by atoms with Crippen LogP contribution in [0.4, 0.5) is 4.79 Å². The molecular weight excluding hydrogens is 1310 g/mol. The summed E-state index contributed by atoms with van der Waals surface area (Å²) in [7, 11) is 11.3. The summed E-state index contributed by atoms with van der Waals surface area (Å²) in [5.41, 5.74) is 1.30. The van der Waals surface area contributed by atoms with E-state index in [9.17, 15) is 39.9 Å². The number of carbonyl (C=O) groups is 3. The van der Waals surface area contributed by atoms with Crippen molar-refractivity contribution < 1.29 is 102 Å². The van der Waals surface area contributed by atoms with Gasteiger partial charge in [-0.05, 0) is 84.1 Å². The van der Waals surface area contributed by atoms with Crippen LogP contribution < -0.4 is 30.3 Å². The van der Waals surface area contributed by atoms with Crippen molar-refractivity contribution in [1.29, 1.82) is 0 Å². The van der Waals surface area contributed by atoms with Crippen LogP contribution in [0.5, 0.6) is 17.2 Å². The third-order valence-electron chi connectivity index (χ3n) is 14.8. The van der Waals surface area contributed by atoms with Gasteiger partial charge in [0.15, 0.2) is 41.8 Å². The van der Waals surface area contributed by atoms with Gasteiger partial charge in [-0.2, -0.15) is 5.48 Å². The molecule has 6 aliphatic rings. The average Bonchev–Trinajstić information content (AvgIpc) is 1.96. The molecule has 17 unspecified atom stereocenters. The zero-order valence-corrected chi connectivity index (χ0v) is 54.4. The number of carbonyl (C=O) groups excluding carboxylic acids is 3. The molecule has 0 spiro atoms. The van der Waals surface area contributed by atoms with Crippen LogP contribution in [-0.2, 0) is 52.3 Å². The summed E-state index contributed by atoms with van der Waals surface area (Å²) in [5, 5.41) is 62.8. The van der Waals surface area contributed by atoms with Crippen molar-refractivity contribution in [2.75, 3.05) is 54.2 Å². The number of hydroxylamine groups is 1. The van der Waals surface area contributed by atoms with Gasteiger partial charge in [-0.3, -0.25) is 19.7 Å². The average molecular weight is 1380 g/mol. The molecule has 7 rings (SSSR count). The number of benzene rings is 1. The van der Waals surface area contributed by atoms with Crippen molar-refractivity contribution in [1.82, 2.24) is 16.1 Å². The first kappa shape index (κ1) is 69.5.